The molecule has 0 atom stereocenters. The molecule has 0 aromatic carbocycles. The average Bonchev–Trinajstić information content (AvgIpc) is 2.75. The average molecular weight is 219 g/mol. The number of rotatable bonds is 5. The van der Waals surface area contributed by atoms with Crippen LogP contribution in [0.15, 0.2) is 18.6 Å². The molecule has 0 fully saturated rings. The van der Waals surface area contributed by atoms with Crippen molar-refractivity contribution in [3.8, 4) is 0 Å². The van der Waals surface area contributed by atoms with Crippen LogP contribution in [0.4, 0.5) is 11.6 Å². The molecule has 0 aliphatic carbocycles. The first kappa shape index (κ1) is 10.7. The standard InChI is InChI=1S/C11H17N5/c1-3-5-13-9-8-16-7-6-14-11(16)10(15-9)12-4-2/h6-8,13H,3-5H2,1-2H3,(H,12,15). The second-order valence-electron chi connectivity index (χ2n) is 3.59. The van der Waals surface area contributed by atoms with Gasteiger partial charge in [0.1, 0.15) is 5.82 Å². The van der Waals surface area contributed by atoms with Crippen molar-refractivity contribution in [2.24, 2.45) is 0 Å². The SMILES string of the molecule is CCCNc1cn2ccnc2c(NCC)n1. The second kappa shape index (κ2) is 4.83. The number of aromatic nitrogens is 3. The fourth-order valence-electron chi connectivity index (χ4n) is 1.56. The third-order valence-corrected chi connectivity index (χ3v) is 2.27. The first-order valence-corrected chi connectivity index (χ1v) is 5.66. The lowest BCUT2D eigenvalue weighted by Crippen LogP contribution is -2.08. The maximum atomic E-state index is 4.49. The van der Waals surface area contributed by atoms with E-state index in [4.69, 9.17) is 0 Å². The monoisotopic (exact) mass is 219 g/mol. The lowest BCUT2D eigenvalue weighted by Gasteiger charge is -2.09. The fourth-order valence-corrected chi connectivity index (χ4v) is 1.56. The van der Waals surface area contributed by atoms with Gasteiger partial charge in [0.2, 0.25) is 0 Å². The van der Waals surface area contributed by atoms with E-state index in [1.54, 1.807) is 6.20 Å². The molecular weight excluding hydrogens is 202 g/mol. The quantitative estimate of drug-likeness (QED) is 0.807. The number of hydrogen-bond donors (Lipinski definition) is 2. The summed E-state index contributed by atoms with van der Waals surface area (Å²) < 4.78 is 1.98. The maximum absolute atomic E-state index is 4.49. The van der Waals surface area contributed by atoms with Gasteiger partial charge in [-0.25, -0.2) is 9.97 Å². The van der Waals surface area contributed by atoms with E-state index in [1.807, 2.05) is 23.7 Å². The molecule has 0 spiro atoms. The normalized spacial score (nSPS) is 10.6. The van der Waals surface area contributed by atoms with E-state index < -0.39 is 0 Å². The van der Waals surface area contributed by atoms with E-state index in [1.165, 1.54) is 0 Å². The topological polar surface area (TPSA) is 54.2 Å². The minimum Gasteiger partial charge on any atom is -0.369 e. The molecule has 86 valence electrons. The molecule has 0 bridgehead atoms. The number of hydrogen-bond acceptors (Lipinski definition) is 4. The van der Waals surface area contributed by atoms with E-state index >= 15 is 0 Å². The Morgan fingerprint density at radius 2 is 2.19 bits per heavy atom. The first-order chi connectivity index (χ1) is 7.85. The number of nitrogens with zero attached hydrogens (tertiary/aromatic N) is 3. The molecule has 2 heterocycles. The number of nitrogens with one attached hydrogen (secondary N) is 2. The molecule has 0 radical (unpaired) electrons. The molecule has 2 aromatic rings. The molecule has 5 nitrogen and oxygen atoms in total. The molecular formula is C11H17N5. The van der Waals surface area contributed by atoms with Gasteiger partial charge in [0.15, 0.2) is 11.5 Å². The summed E-state index contributed by atoms with van der Waals surface area (Å²) in [7, 11) is 0. The van der Waals surface area contributed by atoms with Gasteiger partial charge in [0, 0.05) is 25.5 Å². The van der Waals surface area contributed by atoms with Crippen LogP contribution in [-0.2, 0) is 0 Å². The van der Waals surface area contributed by atoms with Crippen LogP contribution >= 0.6 is 0 Å². The third-order valence-electron chi connectivity index (χ3n) is 2.27. The Balaban J connectivity index is 2.36. The van der Waals surface area contributed by atoms with E-state index in [9.17, 15) is 0 Å². The Labute approximate surface area is 94.9 Å². The van der Waals surface area contributed by atoms with E-state index in [0.29, 0.717) is 0 Å². The summed E-state index contributed by atoms with van der Waals surface area (Å²) in [4.78, 5) is 8.76. The van der Waals surface area contributed by atoms with E-state index in [-0.39, 0.29) is 0 Å². The van der Waals surface area contributed by atoms with Crippen LogP contribution in [-0.4, -0.2) is 27.5 Å². The van der Waals surface area contributed by atoms with Gasteiger partial charge in [-0.1, -0.05) is 6.92 Å². The van der Waals surface area contributed by atoms with Gasteiger partial charge in [-0.2, -0.15) is 0 Å². The Bertz CT molecular complexity index is 462. The van der Waals surface area contributed by atoms with Gasteiger partial charge in [-0.3, -0.25) is 0 Å². The summed E-state index contributed by atoms with van der Waals surface area (Å²) in [5, 5.41) is 6.49. The molecule has 0 saturated carbocycles. The summed E-state index contributed by atoms with van der Waals surface area (Å²) in [5.41, 5.74) is 0.865. The van der Waals surface area contributed by atoms with Crippen molar-refractivity contribution in [2.75, 3.05) is 23.7 Å². The largest absolute Gasteiger partial charge is 0.369 e. The summed E-state index contributed by atoms with van der Waals surface area (Å²) >= 11 is 0. The third kappa shape index (κ3) is 2.08. The first-order valence-electron chi connectivity index (χ1n) is 5.66. The van der Waals surface area contributed by atoms with Gasteiger partial charge in [-0.15, -0.1) is 0 Å². The maximum Gasteiger partial charge on any atom is 0.180 e. The zero-order chi connectivity index (χ0) is 11.4. The molecule has 0 aliphatic heterocycles. The number of anilines is 2. The highest BCUT2D eigenvalue weighted by atomic mass is 15.1. The summed E-state index contributed by atoms with van der Waals surface area (Å²) in [6.45, 7) is 5.95. The van der Waals surface area contributed by atoms with Crippen molar-refractivity contribution in [3.05, 3.63) is 18.6 Å². The molecule has 0 aliphatic rings. The fraction of sp³-hybridized carbons (Fsp3) is 0.455. The highest BCUT2D eigenvalue weighted by Crippen LogP contribution is 2.15. The van der Waals surface area contributed by atoms with Gasteiger partial charge in [0.05, 0.1) is 6.20 Å². The van der Waals surface area contributed by atoms with Gasteiger partial charge >= 0.3 is 0 Å². The molecule has 0 amide bonds. The Morgan fingerprint density at radius 1 is 1.31 bits per heavy atom. The minimum absolute atomic E-state index is 0.827. The number of fused-ring (bicyclic) bond motifs is 1. The summed E-state index contributed by atoms with van der Waals surface area (Å²) in [5.74, 6) is 1.71. The predicted octanol–water partition coefficient (Wildman–Crippen LogP) is 1.98. The molecule has 0 saturated heterocycles. The predicted molar refractivity (Wildman–Crippen MR) is 65.9 cm³/mol. The van der Waals surface area contributed by atoms with Crippen LogP contribution in [0.3, 0.4) is 0 Å². The van der Waals surface area contributed by atoms with E-state index in [0.717, 1.165) is 36.8 Å². The molecule has 16 heavy (non-hydrogen) atoms. The van der Waals surface area contributed by atoms with Gasteiger partial charge < -0.3 is 15.0 Å². The van der Waals surface area contributed by atoms with Crippen LogP contribution in [0.25, 0.3) is 5.65 Å². The molecule has 2 N–H and O–H groups in total. The van der Waals surface area contributed by atoms with Gasteiger partial charge in [0.25, 0.3) is 0 Å². The number of imidazole rings is 1. The molecule has 2 aromatic heterocycles. The van der Waals surface area contributed by atoms with Crippen LogP contribution in [0.2, 0.25) is 0 Å². The summed E-state index contributed by atoms with van der Waals surface area (Å²) in [6, 6.07) is 0. The molecule has 5 heteroatoms. The zero-order valence-corrected chi connectivity index (χ0v) is 9.70. The Morgan fingerprint density at radius 3 is 2.94 bits per heavy atom. The van der Waals surface area contributed by atoms with Crippen molar-refractivity contribution in [3.63, 3.8) is 0 Å². The smallest absolute Gasteiger partial charge is 0.180 e. The van der Waals surface area contributed by atoms with Crippen LogP contribution < -0.4 is 10.6 Å². The van der Waals surface area contributed by atoms with Crippen molar-refractivity contribution in [1.82, 2.24) is 14.4 Å². The Kier molecular flexibility index (Phi) is 3.24. The van der Waals surface area contributed by atoms with Crippen molar-refractivity contribution in [1.29, 1.82) is 0 Å². The van der Waals surface area contributed by atoms with Crippen molar-refractivity contribution in [2.45, 2.75) is 20.3 Å². The second-order valence-corrected chi connectivity index (χ2v) is 3.59. The lowest BCUT2D eigenvalue weighted by atomic mass is 10.4. The van der Waals surface area contributed by atoms with Crippen LogP contribution in [0.5, 0.6) is 0 Å². The minimum atomic E-state index is 0.827. The van der Waals surface area contributed by atoms with Gasteiger partial charge in [-0.05, 0) is 13.3 Å². The van der Waals surface area contributed by atoms with Crippen molar-refractivity contribution >= 4 is 17.3 Å². The zero-order valence-electron chi connectivity index (χ0n) is 9.70. The highest BCUT2D eigenvalue weighted by molar-refractivity contribution is 5.65. The molecule has 2 rings (SSSR count). The highest BCUT2D eigenvalue weighted by Gasteiger charge is 2.05. The molecule has 0 unspecified atom stereocenters. The van der Waals surface area contributed by atoms with Crippen LogP contribution in [0.1, 0.15) is 20.3 Å². The summed E-state index contributed by atoms with van der Waals surface area (Å²) in [6.07, 6.45) is 6.75. The van der Waals surface area contributed by atoms with Crippen LogP contribution in [0, 0.1) is 0 Å². The Hall–Kier alpha value is -1.78. The van der Waals surface area contributed by atoms with E-state index in [2.05, 4.69) is 27.5 Å². The lowest BCUT2D eigenvalue weighted by molar-refractivity contribution is 0.960. The van der Waals surface area contributed by atoms with Crippen molar-refractivity contribution < 1.29 is 0 Å².